The number of carboxylic acid groups (broad SMARTS) is 1. The van der Waals surface area contributed by atoms with Gasteiger partial charge >= 0.3 is 5.97 Å². The molecule has 3 aliphatic rings. The minimum Gasteiger partial charge on any atom is -0.480 e. The van der Waals surface area contributed by atoms with Gasteiger partial charge in [-0.05, 0) is 30.4 Å². The monoisotopic (exact) mass is 301 g/mol. The predicted molar refractivity (Wildman–Crippen MR) is 78.5 cm³/mol. The van der Waals surface area contributed by atoms with Gasteiger partial charge in [0.05, 0.1) is 13.2 Å². The molecule has 1 saturated heterocycles. The fourth-order valence-corrected chi connectivity index (χ4v) is 4.19. The average Bonchev–Trinajstić information content (AvgIpc) is 3.16. The molecular weight excluding hydrogens is 282 g/mol. The number of amides is 1. The highest BCUT2D eigenvalue weighted by molar-refractivity contribution is 5.89. The smallest absolute Gasteiger partial charge is 0.328 e. The maximum Gasteiger partial charge on any atom is 0.328 e. The summed E-state index contributed by atoms with van der Waals surface area (Å²) in [6, 6.07) is 7.50. The molecule has 22 heavy (non-hydrogen) atoms. The number of hydrogen-bond acceptors (Lipinski definition) is 3. The first-order chi connectivity index (χ1) is 10.6. The summed E-state index contributed by atoms with van der Waals surface area (Å²) in [4.78, 5) is 25.7. The van der Waals surface area contributed by atoms with Crippen LogP contribution in [0.1, 0.15) is 24.0 Å². The highest BCUT2D eigenvalue weighted by atomic mass is 16.5. The Bertz CT molecular complexity index is 643. The van der Waals surface area contributed by atoms with Crippen molar-refractivity contribution in [2.24, 2.45) is 5.92 Å². The Labute approximate surface area is 128 Å². The molecule has 1 N–H and O–H groups in total. The van der Waals surface area contributed by atoms with E-state index in [4.69, 9.17) is 4.74 Å². The highest BCUT2D eigenvalue weighted by Crippen LogP contribution is 2.62. The van der Waals surface area contributed by atoms with Crippen molar-refractivity contribution in [2.45, 2.75) is 30.7 Å². The quantitative estimate of drug-likeness (QED) is 0.891. The molecule has 2 aliphatic carbocycles. The molecule has 1 heterocycles. The predicted octanol–water partition coefficient (Wildman–Crippen LogP) is 1.20. The molecule has 4 rings (SSSR count). The SMILES string of the molecule is O=C(O)[C@@H]1COCCN1C(=O)[C@H]1C[C@@]12CCc1ccccc12. The number of morpholine rings is 1. The third-order valence-corrected chi connectivity index (χ3v) is 5.46. The molecule has 1 aromatic carbocycles. The van der Waals surface area contributed by atoms with Crippen molar-refractivity contribution in [3.8, 4) is 0 Å². The number of carbonyl (C=O) groups is 2. The van der Waals surface area contributed by atoms with E-state index in [0.717, 1.165) is 19.3 Å². The van der Waals surface area contributed by atoms with Gasteiger partial charge < -0.3 is 14.7 Å². The fraction of sp³-hybridized carbons (Fsp3) is 0.529. The van der Waals surface area contributed by atoms with E-state index in [1.807, 2.05) is 12.1 Å². The molecular formula is C17H19NO4. The van der Waals surface area contributed by atoms with E-state index in [2.05, 4.69) is 12.1 Å². The summed E-state index contributed by atoms with van der Waals surface area (Å²) in [5, 5.41) is 9.30. The second kappa shape index (κ2) is 4.81. The van der Waals surface area contributed by atoms with E-state index in [0.29, 0.717) is 13.2 Å². The number of carbonyl (C=O) groups excluding carboxylic acids is 1. The zero-order valence-electron chi connectivity index (χ0n) is 12.3. The highest BCUT2D eigenvalue weighted by Gasteiger charge is 2.62. The second-order valence-electron chi connectivity index (χ2n) is 6.53. The Morgan fingerprint density at radius 1 is 1.32 bits per heavy atom. The molecule has 5 nitrogen and oxygen atoms in total. The van der Waals surface area contributed by atoms with Crippen molar-refractivity contribution >= 4 is 11.9 Å². The average molecular weight is 301 g/mol. The van der Waals surface area contributed by atoms with Crippen molar-refractivity contribution in [1.29, 1.82) is 0 Å². The Morgan fingerprint density at radius 2 is 2.14 bits per heavy atom. The van der Waals surface area contributed by atoms with Gasteiger partial charge in [0.15, 0.2) is 6.04 Å². The van der Waals surface area contributed by atoms with Gasteiger partial charge in [0.1, 0.15) is 0 Å². The summed E-state index contributed by atoms with van der Waals surface area (Å²) in [6.07, 6.45) is 2.88. The van der Waals surface area contributed by atoms with Crippen LogP contribution < -0.4 is 0 Å². The second-order valence-corrected chi connectivity index (χ2v) is 6.53. The number of fused-ring (bicyclic) bond motifs is 2. The normalized spacial score (nSPS) is 32.8. The van der Waals surface area contributed by atoms with Crippen LogP contribution in [0.15, 0.2) is 24.3 Å². The molecule has 1 aliphatic heterocycles. The molecule has 1 aromatic rings. The van der Waals surface area contributed by atoms with E-state index < -0.39 is 12.0 Å². The molecule has 2 fully saturated rings. The molecule has 0 bridgehead atoms. The molecule has 0 unspecified atom stereocenters. The van der Waals surface area contributed by atoms with Gasteiger partial charge in [-0.2, -0.15) is 0 Å². The van der Waals surface area contributed by atoms with Crippen molar-refractivity contribution in [1.82, 2.24) is 4.90 Å². The summed E-state index contributed by atoms with van der Waals surface area (Å²) in [7, 11) is 0. The molecule has 3 atom stereocenters. The van der Waals surface area contributed by atoms with Crippen molar-refractivity contribution in [2.75, 3.05) is 19.8 Å². The number of benzene rings is 1. The number of nitrogens with zero attached hydrogens (tertiary/aromatic N) is 1. The minimum atomic E-state index is -0.977. The largest absolute Gasteiger partial charge is 0.480 e. The van der Waals surface area contributed by atoms with Crippen LogP contribution in [0.5, 0.6) is 0 Å². The summed E-state index contributed by atoms with van der Waals surface area (Å²) in [5.74, 6) is -1.04. The van der Waals surface area contributed by atoms with E-state index in [9.17, 15) is 14.7 Å². The van der Waals surface area contributed by atoms with Crippen LogP contribution >= 0.6 is 0 Å². The lowest BCUT2D eigenvalue weighted by molar-refractivity contribution is -0.159. The van der Waals surface area contributed by atoms with Crippen LogP contribution in [0.2, 0.25) is 0 Å². The van der Waals surface area contributed by atoms with Gasteiger partial charge in [-0.3, -0.25) is 4.79 Å². The molecule has 0 aromatic heterocycles. The first-order valence-corrected chi connectivity index (χ1v) is 7.83. The molecule has 116 valence electrons. The number of aryl methyl sites for hydroxylation is 1. The van der Waals surface area contributed by atoms with Gasteiger partial charge in [-0.15, -0.1) is 0 Å². The number of rotatable bonds is 2. The molecule has 1 saturated carbocycles. The Kier molecular flexibility index (Phi) is 3.01. The standard InChI is InChI=1S/C17H19NO4/c19-15(18-7-8-22-10-14(18)16(20)21)13-9-17(13)6-5-11-3-1-2-4-12(11)17/h1-4,13-14H,5-10H2,(H,20,21)/t13-,14+,17-/m1/s1. The van der Waals surface area contributed by atoms with E-state index in [-0.39, 0.29) is 23.8 Å². The number of carboxylic acids is 1. The first-order valence-electron chi connectivity index (χ1n) is 7.83. The maximum atomic E-state index is 12.9. The van der Waals surface area contributed by atoms with Crippen LogP contribution in [0, 0.1) is 5.92 Å². The number of aliphatic carboxylic acids is 1. The van der Waals surface area contributed by atoms with Crippen molar-refractivity contribution in [3.05, 3.63) is 35.4 Å². The number of ether oxygens (including phenoxy) is 1. The molecule has 1 amide bonds. The number of hydrogen-bond donors (Lipinski definition) is 1. The minimum absolute atomic E-state index is 0.00703. The van der Waals surface area contributed by atoms with Crippen LogP contribution in [0.4, 0.5) is 0 Å². The van der Waals surface area contributed by atoms with Crippen molar-refractivity contribution in [3.63, 3.8) is 0 Å². The lowest BCUT2D eigenvalue weighted by Gasteiger charge is -2.33. The summed E-state index contributed by atoms with van der Waals surface area (Å²) in [5.41, 5.74) is 2.61. The Hall–Kier alpha value is -1.88. The summed E-state index contributed by atoms with van der Waals surface area (Å²) < 4.78 is 5.22. The fourth-order valence-electron chi connectivity index (χ4n) is 4.19. The lowest BCUT2D eigenvalue weighted by atomic mass is 9.94. The van der Waals surface area contributed by atoms with E-state index >= 15 is 0 Å². The van der Waals surface area contributed by atoms with Gasteiger partial charge in [0.2, 0.25) is 5.91 Å². The van der Waals surface area contributed by atoms with Crippen LogP contribution in [-0.2, 0) is 26.2 Å². The lowest BCUT2D eigenvalue weighted by Crippen LogP contribution is -2.53. The van der Waals surface area contributed by atoms with E-state index in [1.54, 1.807) is 0 Å². The van der Waals surface area contributed by atoms with Crippen LogP contribution in [0.25, 0.3) is 0 Å². The molecule has 5 heteroatoms. The third kappa shape index (κ3) is 1.88. The summed E-state index contributed by atoms with van der Waals surface area (Å²) >= 11 is 0. The third-order valence-electron chi connectivity index (χ3n) is 5.46. The van der Waals surface area contributed by atoms with Gasteiger partial charge in [0.25, 0.3) is 0 Å². The maximum absolute atomic E-state index is 12.9. The van der Waals surface area contributed by atoms with Gasteiger partial charge in [-0.1, -0.05) is 24.3 Å². The van der Waals surface area contributed by atoms with Gasteiger partial charge in [0, 0.05) is 17.9 Å². The molecule has 1 spiro atoms. The topological polar surface area (TPSA) is 66.8 Å². The molecule has 0 radical (unpaired) electrons. The Morgan fingerprint density at radius 3 is 2.95 bits per heavy atom. The zero-order valence-corrected chi connectivity index (χ0v) is 12.3. The van der Waals surface area contributed by atoms with E-state index in [1.165, 1.54) is 16.0 Å². The van der Waals surface area contributed by atoms with Crippen LogP contribution in [0.3, 0.4) is 0 Å². The zero-order chi connectivity index (χ0) is 15.3. The van der Waals surface area contributed by atoms with Gasteiger partial charge in [-0.25, -0.2) is 4.79 Å². The first kappa shape index (κ1) is 13.8. The van der Waals surface area contributed by atoms with Crippen molar-refractivity contribution < 1.29 is 19.4 Å². The van der Waals surface area contributed by atoms with Crippen LogP contribution in [-0.4, -0.2) is 47.7 Å². The summed E-state index contributed by atoms with van der Waals surface area (Å²) in [6.45, 7) is 0.896. The Balaban J connectivity index is 1.57.